The molecule has 3 rings (SSSR count). The molecule has 1 aliphatic rings. The standard InChI is InChI=1S/C15H18N2OS/c1-3-14(17-11-12-5-8-18-9-6-12)4-2-13(1)15-16-7-10-19-15/h1-4,7,10,12,17H,5-6,8-9,11H2. The van der Waals surface area contributed by atoms with Crippen LogP contribution in [0.2, 0.25) is 0 Å². The summed E-state index contributed by atoms with van der Waals surface area (Å²) in [5, 5.41) is 6.60. The summed E-state index contributed by atoms with van der Waals surface area (Å²) in [6.07, 6.45) is 4.19. The van der Waals surface area contributed by atoms with E-state index in [1.165, 1.54) is 24.1 Å². The minimum atomic E-state index is 0.743. The van der Waals surface area contributed by atoms with Gasteiger partial charge in [0, 0.05) is 42.6 Å². The van der Waals surface area contributed by atoms with Crippen LogP contribution in [-0.4, -0.2) is 24.7 Å². The van der Waals surface area contributed by atoms with Crippen molar-refractivity contribution in [2.45, 2.75) is 12.8 Å². The lowest BCUT2D eigenvalue weighted by atomic mass is 10.0. The summed E-state index contributed by atoms with van der Waals surface area (Å²) in [6.45, 7) is 2.87. The van der Waals surface area contributed by atoms with Crippen molar-refractivity contribution in [3.63, 3.8) is 0 Å². The van der Waals surface area contributed by atoms with Crippen LogP contribution in [-0.2, 0) is 4.74 Å². The molecule has 19 heavy (non-hydrogen) atoms. The van der Waals surface area contributed by atoms with Crippen molar-refractivity contribution in [2.75, 3.05) is 25.1 Å². The fourth-order valence-electron chi connectivity index (χ4n) is 2.31. The van der Waals surface area contributed by atoms with E-state index in [1.807, 2.05) is 11.6 Å². The second-order valence-electron chi connectivity index (χ2n) is 4.85. The van der Waals surface area contributed by atoms with E-state index >= 15 is 0 Å². The first-order chi connectivity index (χ1) is 9.42. The number of hydrogen-bond acceptors (Lipinski definition) is 4. The van der Waals surface area contributed by atoms with E-state index in [2.05, 4.69) is 34.6 Å². The van der Waals surface area contributed by atoms with Crippen LogP contribution in [0, 0.1) is 5.92 Å². The van der Waals surface area contributed by atoms with Crippen LogP contribution < -0.4 is 5.32 Å². The first kappa shape index (κ1) is 12.6. The molecule has 3 nitrogen and oxygen atoms in total. The van der Waals surface area contributed by atoms with Gasteiger partial charge < -0.3 is 10.1 Å². The summed E-state index contributed by atoms with van der Waals surface area (Å²) in [5.41, 5.74) is 2.37. The van der Waals surface area contributed by atoms with Gasteiger partial charge in [-0.1, -0.05) is 0 Å². The van der Waals surface area contributed by atoms with Crippen molar-refractivity contribution in [3.8, 4) is 10.6 Å². The van der Waals surface area contributed by atoms with Gasteiger partial charge in [0.25, 0.3) is 0 Å². The lowest BCUT2D eigenvalue weighted by molar-refractivity contribution is 0.0699. The van der Waals surface area contributed by atoms with Gasteiger partial charge in [-0.3, -0.25) is 0 Å². The summed E-state index contributed by atoms with van der Waals surface area (Å²) < 4.78 is 5.38. The smallest absolute Gasteiger partial charge is 0.123 e. The molecule has 2 aromatic rings. The summed E-state index contributed by atoms with van der Waals surface area (Å²) in [7, 11) is 0. The first-order valence-corrected chi connectivity index (χ1v) is 7.61. The zero-order valence-corrected chi connectivity index (χ0v) is 11.7. The highest BCUT2D eigenvalue weighted by atomic mass is 32.1. The summed E-state index contributed by atoms with van der Waals surface area (Å²) >= 11 is 1.67. The second kappa shape index (κ2) is 6.17. The molecule has 0 aliphatic carbocycles. The van der Waals surface area contributed by atoms with E-state index < -0.39 is 0 Å². The Kier molecular flexibility index (Phi) is 4.10. The Morgan fingerprint density at radius 3 is 2.68 bits per heavy atom. The van der Waals surface area contributed by atoms with Gasteiger partial charge in [0.2, 0.25) is 0 Å². The number of nitrogens with one attached hydrogen (secondary N) is 1. The van der Waals surface area contributed by atoms with Crippen molar-refractivity contribution in [3.05, 3.63) is 35.8 Å². The monoisotopic (exact) mass is 274 g/mol. The number of ether oxygens (including phenoxy) is 1. The zero-order valence-electron chi connectivity index (χ0n) is 10.8. The summed E-state index contributed by atoms with van der Waals surface area (Å²) in [6, 6.07) is 8.53. The van der Waals surface area contributed by atoms with Gasteiger partial charge in [-0.15, -0.1) is 11.3 Å². The maximum Gasteiger partial charge on any atom is 0.123 e. The molecule has 1 aromatic carbocycles. The Morgan fingerprint density at radius 2 is 2.00 bits per heavy atom. The molecule has 0 spiro atoms. The number of hydrogen-bond donors (Lipinski definition) is 1. The highest BCUT2D eigenvalue weighted by Crippen LogP contribution is 2.23. The third kappa shape index (κ3) is 3.33. The van der Waals surface area contributed by atoms with Crippen LogP contribution in [0.15, 0.2) is 35.8 Å². The molecule has 0 radical (unpaired) electrons. The van der Waals surface area contributed by atoms with Gasteiger partial charge in [-0.25, -0.2) is 4.98 Å². The zero-order chi connectivity index (χ0) is 12.9. The largest absolute Gasteiger partial charge is 0.385 e. The molecular weight excluding hydrogens is 256 g/mol. The van der Waals surface area contributed by atoms with Gasteiger partial charge in [0.1, 0.15) is 5.01 Å². The molecule has 1 N–H and O–H groups in total. The average molecular weight is 274 g/mol. The fraction of sp³-hybridized carbons (Fsp3) is 0.400. The van der Waals surface area contributed by atoms with Crippen LogP contribution in [0.3, 0.4) is 0 Å². The number of benzene rings is 1. The predicted molar refractivity (Wildman–Crippen MR) is 79.6 cm³/mol. The fourth-order valence-corrected chi connectivity index (χ4v) is 2.95. The predicted octanol–water partition coefficient (Wildman–Crippen LogP) is 3.65. The highest BCUT2D eigenvalue weighted by molar-refractivity contribution is 7.13. The van der Waals surface area contributed by atoms with Gasteiger partial charge in [-0.2, -0.15) is 0 Å². The number of thiazole rings is 1. The third-order valence-electron chi connectivity index (χ3n) is 3.50. The quantitative estimate of drug-likeness (QED) is 0.924. The molecule has 0 bridgehead atoms. The summed E-state index contributed by atoms with van der Waals surface area (Å²) in [4.78, 5) is 4.32. The molecule has 1 fully saturated rings. The molecule has 1 aliphatic heterocycles. The van der Waals surface area contributed by atoms with Crippen molar-refractivity contribution < 1.29 is 4.74 Å². The Hall–Kier alpha value is -1.39. The Labute approximate surface area is 117 Å². The van der Waals surface area contributed by atoms with Crippen molar-refractivity contribution in [1.29, 1.82) is 0 Å². The van der Waals surface area contributed by atoms with E-state index in [9.17, 15) is 0 Å². The molecule has 1 aromatic heterocycles. The van der Waals surface area contributed by atoms with Crippen LogP contribution in [0.4, 0.5) is 5.69 Å². The normalized spacial score (nSPS) is 16.4. The van der Waals surface area contributed by atoms with Crippen molar-refractivity contribution in [1.82, 2.24) is 4.98 Å². The molecule has 0 unspecified atom stereocenters. The minimum Gasteiger partial charge on any atom is -0.385 e. The Balaban J connectivity index is 1.57. The molecule has 4 heteroatoms. The summed E-state index contributed by atoms with van der Waals surface area (Å²) in [5.74, 6) is 0.743. The van der Waals surface area contributed by atoms with Gasteiger partial charge in [0.05, 0.1) is 0 Å². The molecule has 100 valence electrons. The van der Waals surface area contributed by atoms with Crippen LogP contribution in [0.5, 0.6) is 0 Å². The van der Waals surface area contributed by atoms with E-state index in [4.69, 9.17) is 4.74 Å². The number of rotatable bonds is 4. The van der Waals surface area contributed by atoms with Crippen LogP contribution in [0.25, 0.3) is 10.6 Å². The Morgan fingerprint density at radius 1 is 1.21 bits per heavy atom. The SMILES string of the molecule is c1csc(-c2ccc(NCC3CCOCC3)cc2)n1. The lowest BCUT2D eigenvalue weighted by Crippen LogP contribution is -2.22. The van der Waals surface area contributed by atoms with E-state index in [0.29, 0.717) is 0 Å². The minimum absolute atomic E-state index is 0.743. The Bertz CT molecular complexity index is 489. The number of nitrogens with zero attached hydrogens (tertiary/aromatic N) is 1. The van der Waals surface area contributed by atoms with E-state index in [0.717, 1.165) is 30.7 Å². The number of anilines is 1. The molecule has 1 saturated heterocycles. The van der Waals surface area contributed by atoms with Crippen molar-refractivity contribution >= 4 is 17.0 Å². The van der Waals surface area contributed by atoms with Crippen molar-refractivity contribution in [2.24, 2.45) is 5.92 Å². The second-order valence-corrected chi connectivity index (χ2v) is 5.75. The third-order valence-corrected chi connectivity index (χ3v) is 4.32. The van der Waals surface area contributed by atoms with E-state index in [-0.39, 0.29) is 0 Å². The molecule has 0 atom stereocenters. The molecule has 0 amide bonds. The lowest BCUT2D eigenvalue weighted by Gasteiger charge is -2.22. The maximum atomic E-state index is 5.38. The molecule has 2 heterocycles. The topological polar surface area (TPSA) is 34.1 Å². The van der Waals surface area contributed by atoms with Crippen LogP contribution in [0.1, 0.15) is 12.8 Å². The average Bonchev–Trinajstić information content (AvgIpc) is 3.01. The first-order valence-electron chi connectivity index (χ1n) is 6.73. The van der Waals surface area contributed by atoms with Crippen LogP contribution >= 0.6 is 11.3 Å². The number of aromatic nitrogens is 1. The van der Waals surface area contributed by atoms with E-state index in [1.54, 1.807) is 11.3 Å². The maximum absolute atomic E-state index is 5.38. The van der Waals surface area contributed by atoms with Gasteiger partial charge >= 0.3 is 0 Å². The molecule has 0 saturated carbocycles. The molecular formula is C15H18N2OS. The van der Waals surface area contributed by atoms with Gasteiger partial charge in [0.15, 0.2) is 0 Å². The highest BCUT2D eigenvalue weighted by Gasteiger charge is 2.13. The van der Waals surface area contributed by atoms with Gasteiger partial charge in [-0.05, 0) is 43.0 Å².